The molecule has 144 valence electrons. The average Bonchev–Trinajstić information content (AvgIpc) is 3.11. The van der Waals surface area contributed by atoms with Crippen molar-refractivity contribution >= 4 is 5.82 Å². The zero-order valence-electron chi connectivity index (χ0n) is 15.3. The Morgan fingerprint density at radius 2 is 1.75 bits per heavy atom. The van der Waals surface area contributed by atoms with Crippen LogP contribution in [0.25, 0.3) is 0 Å². The van der Waals surface area contributed by atoms with Gasteiger partial charge in [0.1, 0.15) is 35.0 Å². The fraction of sp³-hybridized carbons (Fsp3) is 0.227. The predicted molar refractivity (Wildman–Crippen MR) is 106 cm³/mol. The topological polar surface area (TPSA) is 69.4 Å². The first-order valence-corrected chi connectivity index (χ1v) is 9.28. The van der Waals surface area contributed by atoms with Crippen LogP contribution in [-0.4, -0.2) is 24.2 Å². The molecule has 0 spiro atoms. The lowest BCUT2D eigenvalue weighted by atomic mass is 9.99. The van der Waals surface area contributed by atoms with E-state index in [-0.39, 0.29) is 11.9 Å². The number of anilines is 1. The molecular weight excluding hydrogens is 357 g/mol. The van der Waals surface area contributed by atoms with Gasteiger partial charge in [0.05, 0.1) is 0 Å². The summed E-state index contributed by atoms with van der Waals surface area (Å²) in [6.45, 7) is 1.64. The first-order chi connectivity index (χ1) is 13.7. The van der Waals surface area contributed by atoms with E-state index < -0.39 is 0 Å². The SMILES string of the molecule is Nc1cccc(C[C@@H]2CNC[C@@H]2Oc2cccc(Oc3ccc(F)cc3)c2)n1. The van der Waals surface area contributed by atoms with Gasteiger partial charge in [-0.1, -0.05) is 12.1 Å². The summed E-state index contributed by atoms with van der Waals surface area (Å²) < 4.78 is 25.1. The van der Waals surface area contributed by atoms with Crippen molar-refractivity contribution in [3.63, 3.8) is 0 Å². The van der Waals surface area contributed by atoms with Gasteiger partial charge in [-0.15, -0.1) is 0 Å². The largest absolute Gasteiger partial charge is 0.489 e. The minimum atomic E-state index is -0.293. The van der Waals surface area contributed by atoms with Gasteiger partial charge >= 0.3 is 0 Å². The van der Waals surface area contributed by atoms with Crippen LogP contribution in [0.1, 0.15) is 5.69 Å². The van der Waals surface area contributed by atoms with E-state index in [1.54, 1.807) is 18.2 Å². The Labute approximate surface area is 163 Å². The van der Waals surface area contributed by atoms with Crippen molar-refractivity contribution in [2.24, 2.45) is 5.92 Å². The second-order valence-corrected chi connectivity index (χ2v) is 6.86. The summed E-state index contributed by atoms with van der Waals surface area (Å²) in [6, 6.07) is 19.1. The van der Waals surface area contributed by atoms with Crippen molar-refractivity contribution in [2.75, 3.05) is 18.8 Å². The average molecular weight is 379 g/mol. The summed E-state index contributed by atoms with van der Waals surface area (Å²) in [4.78, 5) is 4.39. The second-order valence-electron chi connectivity index (χ2n) is 6.86. The highest BCUT2D eigenvalue weighted by atomic mass is 19.1. The predicted octanol–water partition coefficient (Wildman–Crippen LogP) is 3.80. The minimum Gasteiger partial charge on any atom is -0.489 e. The molecule has 0 unspecified atom stereocenters. The Bertz CT molecular complexity index is 933. The van der Waals surface area contributed by atoms with E-state index in [9.17, 15) is 4.39 Å². The number of nitrogen functional groups attached to an aromatic ring is 1. The zero-order chi connectivity index (χ0) is 19.3. The van der Waals surface area contributed by atoms with Crippen LogP contribution in [0.2, 0.25) is 0 Å². The van der Waals surface area contributed by atoms with Gasteiger partial charge in [0, 0.05) is 30.8 Å². The summed E-state index contributed by atoms with van der Waals surface area (Å²) in [5.74, 6) is 2.50. The molecule has 28 heavy (non-hydrogen) atoms. The number of aromatic nitrogens is 1. The number of nitrogens with zero attached hydrogens (tertiary/aromatic N) is 1. The Morgan fingerprint density at radius 3 is 2.57 bits per heavy atom. The van der Waals surface area contributed by atoms with Crippen molar-refractivity contribution in [3.05, 3.63) is 78.2 Å². The maximum absolute atomic E-state index is 13.0. The third-order valence-electron chi connectivity index (χ3n) is 4.72. The first-order valence-electron chi connectivity index (χ1n) is 9.28. The van der Waals surface area contributed by atoms with Gasteiger partial charge in [-0.2, -0.15) is 0 Å². The molecule has 4 rings (SSSR count). The van der Waals surface area contributed by atoms with Crippen molar-refractivity contribution in [1.29, 1.82) is 0 Å². The van der Waals surface area contributed by atoms with Gasteiger partial charge in [-0.25, -0.2) is 9.37 Å². The molecule has 1 aliphatic rings. The van der Waals surface area contributed by atoms with Crippen molar-refractivity contribution in [1.82, 2.24) is 10.3 Å². The highest BCUT2D eigenvalue weighted by Crippen LogP contribution is 2.28. The smallest absolute Gasteiger partial charge is 0.131 e. The summed E-state index contributed by atoms with van der Waals surface area (Å²) in [5.41, 5.74) is 6.75. The van der Waals surface area contributed by atoms with E-state index in [1.165, 1.54) is 12.1 Å². The number of nitrogens with one attached hydrogen (secondary N) is 1. The normalized spacial score (nSPS) is 18.8. The zero-order valence-corrected chi connectivity index (χ0v) is 15.3. The Hall–Kier alpha value is -3.12. The molecule has 3 aromatic rings. The number of nitrogens with two attached hydrogens (primary N) is 1. The third-order valence-corrected chi connectivity index (χ3v) is 4.72. The van der Waals surface area contributed by atoms with E-state index >= 15 is 0 Å². The second kappa shape index (κ2) is 8.27. The molecule has 1 aliphatic heterocycles. The summed E-state index contributed by atoms with van der Waals surface area (Å²) in [5, 5.41) is 3.39. The number of rotatable bonds is 6. The Kier molecular flexibility index (Phi) is 5.39. The fourth-order valence-corrected chi connectivity index (χ4v) is 3.36. The number of hydrogen-bond donors (Lipinski definition) is 2. The molecule has 1 saturated heterocycles. The molecule has 0 saturated carbocycles. The Morgan fingerprint density at radius 1 is 0.964 bits per heavy atom. The number of pyridine rings is 1. The van der Waals surface area contributed by atoms with Crippen LogP contribution in [0.4, 0.5) is 10.2 Å². The third kappa shape index (κ3) is 4.58. The van der Waals surface area contributed by atoms with E-state index in [2.05, 4.69) is 10.3 Å². The van der Waals surface area contributed by atoms with Crippen LogP contribution in [0.15, 0.2) is 66.7 Å². The fourth-order valence-electron chi connectivity index (χ4n) is 3.36. The number of halogens is 1. The van der Waals surface area contributed by atoms with Crippen molar-refractivity contribution < 1.29 is 13.9 Å². The van der Waals surface area contributed by atoms with Crippen LogP contribution in [0.5, 0.6) is 17.2 Å². The molecule has 0 radical (unpaired) electrons. The molecular formula is C22H22FN3O2. The number of benzene rings is 2. The lowest BCUT2D eigenvalue weighted by molar-refractivity contribution is 0.172. The van der Waals surface area contributed by atoms with Crippen LogP contribution >= 0.6 is 0 Å². The molecule has 5 nitrogen and oxygen atoms in total. The molecule has 0 bridgehead atoms. The van der Waals surface area contributed by atoms with Gasteiger partial charge in [0.2, 0.25) is 0 Å². The molecule has 0 amide bonds. The van der Waals surface area contributed by atoms with Gasteiger partial charge in [0.15, 0.2) is 0 Å². The quantitative estimate of drug-likeness (QED) is 0.682. The lowest BCUT2D eigenvalue weighted by Crippen LogP contribution is -2.27. The van der Waals surface area contributed by atoms with Gasteiger partial charge in [-0.3, -0.25) is 0 Å². The number of hydrogen-bond acceptors (Lipinski definition) is 5. The van der Waals surface area contributed by atoms with E-state index in [0.29, 0.717) is 23.2 Å². The standard InChI is InChI=1S/C22H22FN3O2/c23-16-7-9-18(10-8-16)27-19-4-2-5-20(12-19)28-21-14-25-13-15(21)11-17-3-1-6-22(24)26-17/h1-10,12,15,21,25H,11,13-14H2,(H2,24,26)/t15-,21+/m1/s1. The van der Waals surface area contributed by atoms with Crippen LogP contribution < -0.4 is 20.5 Å². The van der Waals surface area contributed by atoms with Crippen molar-refractivity contribution in [3.8, 4) is 17.2 Å². The van der Waals surface area contributed by atoms with Crippen molar-refractivity contribution in [2.45, 2.75) is 12.5 Å². The highest BCUT2D eigenvalue weighted by molar-refractivity contribution is 5.37. The monoisotopic (exact) mass is 379 g/mol. The molecule has 2 atom stereocenters. The molecule has 2 heterocycles. The van der Waals surface area contributed by atoms with Gasteiger partial charge < -0.3 is 20.5 Å². The molecule has 1 aromatic heterocycles. The molecule has 1 fully saturated rings. The minimum absolute atomic E-state index is 0.0318. The Balaban J connectivity index is 1.42. The highest BCUT2D eigenvalue weighted by Gasteiger charge is 2.29. The maximum Gasteiger partial charge on any atom is 0.131 e. The maximum atomic E-state index is 13.0. The molecule has 3 N–H and O–H groups in total. The van der Waals surface area contributed by atoms with Crippen LogP contribution in [0, 0.1) is 11.7 Å². The van der Waals surface area contributed by atoms with Crippen LogP contribution in [0.3, 0.4) is 0 Å². The summed E-state index contributed by atoms with van der Waals surface area (Å²) in [7, 11) is 0. The molecule has 6 heteroatoms. The van der Waals surface area contributed by atoms with E-state index in [1.807, 2.05) is 36.4 Å². The summed E-state index contributed by atoms with van der Waals surface area (Å²) in [6.07, 6.45) is 0.832. The van der Waals surface area contributed by atoms with E-state index in [4.69, 9.17) is 15.2 Å². The molecule has 2 aromatic carbocycles. The molecule has 0 aliphatic carbocycles. The first kappa shape index (κ1) is 18.3. The van der Waals surface area contributed by atoms with E-state index in [0.717, 1.165) is 31.0 Å². The van der Waals surface area contributed by atoms with Gasteiger partial charge in [0.25, 0.3) is 0 Å². The lowest BCUT2D eigenvalue weighted by Gasteiger charge is -2.20. The van der Waals surface area contributed by atoms with Gasteiger partial charge in [-0.05, 0) is 55.0 Å². The number of ether oxygens (including phenoxy) is 2. The van der Waals surface area contributed by atoms with Crippen LogP contribution in [-0.2, 0) is 6.42 Å². The summed E-state index contributed by atoms with van der Waals surface area (Å²) >= 11 is 0.